The van der Waals surface area contributed by atoms with E-state index in [4.69, 9.17) is 0 Å². The molecule has 0 saturated heterocycles. The van der Waals surface area contributed by atoms with Crippen molar-refractivity contribution in [1.82, 2.24) is 22.8 Å². The van der Waals surface area contributed by atoms with Crippen molar-refractivity contribution < 1.29 is 0 Å². The Kier molecular flexibility index (Phi) is 19.8. The van der Waals surface area contributed by atoms with E-state index in [1.165, 1.54) is 170 Å². The molecule has 0 unspecified atom stereocenters. The van der Waals surface area contributed by atoms with Crippen LogP contribution in [-0.4, -0.2) is 29.5 Å². The summed E-state index contributed by atoms with van der Waals surface area (Å²) in [6, 6.07) is 112. The summed E-state index contributed by atoms with van der Waals surface area (Å²) in [5.74, 6) is 0. The van der Waals surface area contributed by atoms with Gasteiger partial charge in [0.2, 0.25) is 0 Å². The van der Waals surface area contributed by atoms with Gasteiger partial charge in [-0.25, -0.2) is 0 Å². The second kappa shape index (κ2) is 30.2. The lowest BCUT2D eigenvalue weighted by Crippen LogP contribution is -2.61. The molecule has 0 aliphatic carbocycles. The van der Waals surface area contributed by atoms with Gasteiger partial charge >= 0.3 is 0 Å². The minimum absolute atomic E-state index is 0.0523. The molecule has 0 bridgehead atoms. The van der Waals surface area contributed by atoms with Crippen LogP contribution in [0, 0.1) is 0 Å². The van der Waals surface area contributed by atoms with Crippen LogP contribution in [0.15, 0.2) is 279 Å². The summed E-state index contributed by atoms with van der Waals surface area (Å²) < 4.78 is 12.8. The van der Waals surface area contributed by atoms with Crippen LogP contribution >= 0.6 is 0 Å². The van der Waals surface area contributed by atoms with E-state index in [1.807, 2.05) is 0 Å². The zero-order chi connectivity index (χ0) is 97.5. The standard InChI is InChI=1S/C130H136BN7/c1-121(2,3)77-31-53-106-94(63-77)95-64-78(122(4,5)6)32-54-107(95)132(106)87-41-45-89(46-42-87)134-116-73-91(136-110-57-35-81(125(13,14)15)67-98(110)99-68-82(126(16,17)18)36-58-111(99)136)49-51-104(116)131-105-52-50-92(137-112-59-37-83(127(19,20)21)69-100(112)101-70-84(128(22,23)24)38-60-113(101)137)74-117(105)135(90-47-43-88(44-48-90)133-108-55-33-79(123(7,8)9)65-96(108)97-66-80(124(10,11)12)34-56-109(97)133)119-76-93(75-118(134)120(119)131)138-114-61-39-85(129(25,26)27)71-102(114)103-72-86(130(28,29)30)40-62-115(103)138/h31-76H,1-30H3. The summed E-state index contributed by atoms with van der Waals surface area (Å²) in [5, 5.41) is 12.6. The van der Waals surface area contributed by atoms with E-state index in [1.54, 1.807) is 0 Å². The number of hydrogen-bond donors (Lipinski definition) is 0. The lowest BCUT2D eigenvalue weighted by Gasteiger charge is -2.44. The molecule has 0 atom stereocenters. The van der Waals surface area contributed by atoms with E-state index in [9.17, 15) is 0 Å². The first kappa shape index (κ1) is 90.1. The van der Waals surface area contributed by atoms with E-state index < -0.39 is 0 Å². The van der Waals surface area contributed by atoms with Crippen molar-refractivity contribution in [2.45, 2.75) is 262 Å². The topological polar surface area (TPSA) is 31.1 Å². The van der Waals surface area contributed by atoms with Crippen molar-refractivity contribution in [2.24, 2.45) is 0 Å². The summed E-state index contributed by atoms with van der Waals surface area (Å²) >= 11 is 0. The highest BCUT2D eigenvalue weighted by Gasteiger charge is 2.46. The highest BCUT2D eigenvalue weighted by atomic mass is 15.2. The molecule has 8 heteroatoms. The summed E-state index contributed by atoms with van der Waals surface area (Å²) in [4.78, 5) is 5.36. The molecule has 0 amide bonds. The molecule has 5 aromatic heterocycles. The fourth-order valence-corrected chi connectivity index (χ4v) is 22.6. The number of benzene rings is 15. The molecule has 0 saturated carbocycles. The zero-order valence-corrected chi connectivity index (χ0v) is 87.3. The Labute approximate surface area is 818 Å². The Bertz CT molecular complexity index is 7740. The molecular formula is C130H136BN7. The lowest BCUT2D eigenvalue weighted by atomic mass is 9.33. The minimum atomic E-state index is -0.282. The van der Waals surface area contributed by atoms with Gasteiger partial charge in [-0.2, -0.15) is 0 Å². The summed E-state index contributed by atoms with van der Waals surface area (Å²) in [5.41, 5.74) is 39.9. The third-order valence-corrected chi connectivity index (χ3v) is 31.0. The van der Waals surface area contributed by atoms with Crippen LogP contribution in [0.3, 0.4) is 0 Å². The number of fused-ring (bicyclic) bond motifs is 19. The van der Waals surface area contributed by atoms with Gasteiger partial charge in [-0.3, -0.25) is 0 Å². The first-order chi connectivity index (χ1) is 64.7. The summed E-state index contributed by atoms with van der Waals surface area (Å²) in [7, 11) is 0. The minimum Gasteiger partial charge on any atom is -0.311 e. The van der Waals surface area contributed by atoms with Gasteiger partial charge in [-0.15, -0.1) is 0 Å². The normalized spacial score (nSPS) is 14.0. The predicted octanol–water partition coefficient (Wildman–Crippen LogP) is 34.2. The van der Waals surface area contributed by atoms with E-state index in [0.29, 0.717) is 0 Å². The molecule has 138 heavy (non-hydrogen) atoms. The van der Waals surface area contributed by atoms with Crippen molar-refractivity contribution in [1.29, 1.82) is 0 Å². The second-order valence-electron chi connectivity index (χ2n) is 51.0. The third-order valence-electron chi connectivity index (χ3n) is 31.0. The van der Waals surface area contributed by atoms with Gasteiger partial charge in [-0.05, 0) is 332 Å². The Hall–Kier alpha value is -13.0. The lowest BCUT2D eigenvalue weighted by molar-refractivity contribution is 0.590. The van der Waals surface area contributed by atoms with Gasteiger partial charge in [0, 0.05) is 111 Å². The Balaban J connectivity index is 0.870. The van der Waals surface area contributed by atoms with Crippen LogP contribution in [0.25, 0.3) is 137 Å². The van der Waals surface area contributed by atoms with Gasteiger partial charge < -0.3 is 32.6 Å². The average Bonchev–Trinajstić information content (AvgIpc) is 0.973. The van der Waals surface area contributed by atoms with Crippen LogP contribution < -0.4 is 26.2 Å². The first-order valence-corrected chi connectivity index (χ1v) is 50.5. The zero-order valence-electron chi connectivity index (χ0n) is 87.3. The molecular weight excluding hydrogens is 1670 g/mol. The molecule has 0 fully saturated rings. The number of aromatic nitrogens is 5. The van der Waals surface area contributed by atoms with E-state index in [-0.39, 0.29) is 60.9 Å². The van der Waals surface area contributed by atoms with Gasteiger partial charge in [0.25, 0.3) is 6.71 Å². The fraction of sp³-hybridized carbons (Fsp3) is 0.308. The first-order valence-electron chi connectivity index (χ1n) is 50.5. The van der Waals surface area contributed by atoms with E-state index in [2.05, 4.69) is 519 Å². The van der Waals surface area contributed by atoms with E-state index >= 15 is 0 Å². The second-order valence-corrected chi connectivity index (χ2v) is 51.0. The monoisotopic (exact) mass is 1810 g/mol. The van der Waals surface area contributed by atoms with Crippen LogP contribution in [0.5, 0.6) is 0 Å². The molecule has 7 nitrogen and oxygen atoms in total. The maximum atomic E-state index is 2.68. The van der Waals surface area contributed by atoms with Crippen molar-refractivity contribution in [2.75, 3.05) is 9.80 Å². The van der Waals surface area contributed by atoms with Crippen molar-refractivity contribution in [3.05, 3.63) is 335 Å². The van der Waals surface area contributed by atoms with Crippen LogP contribution in [0.4, 0.5) is 34.1 Å². The number of anilines is 6. The van der Waals surface area contributed by atoms with Crippen molar-refractivity contribution >= 4 is 166 Å². The Morgan fingerprint density at radius 3 is 0.478 bits per heavy atom. The van der Waals surface area contributed by atoms with Gasteiger partial charge in [0.15, 0.2) is 0 Å². The Morgan fingerprint density at radius 2 is 0.297 bits per heavy atom. The van der Waals surface area contributed by atoms with E-state index in [0.717, 1.165) is 73.6 Å². The highest BCUT2D eigenvalue weighted by molar-refractivity contribution is 7.00. The van der Waals surface area contributed by atoms with Crippen LogP contribution in [-0.2, 0) is 54.1 Å². The van der Waals surface area contributed by atoms with Gasteiger partial charge in [0.05, 0.1) is 60.9 Å². The smallest absolute Gasteiger partial charge is 0.252 e. The molecule has 20 aromatic rings. The molecule has 0 radical (unpaired) electrons. The predicted molar refractivity (Wildman–Crippen MR) is 599 cm³/mol. The van der Waals surface area contributed by atoms with Crippen molar-refractivity contribution in [3.63, 3.8) is 0 Å². The average molecular weight is 1810 g/mol. The fourth-order valence-electron chi connectivity index (χ4n) is 22.6. The van der Waals surface area contributed by atoms with Crippen molar-refractivity contribution in [3.8, 4) is 28.4 Å². The van der Waals surface area contributed by atoms with Crippen LogP contribution in [0.1, 0.15) is 263 Å². The van der Waals surface area contributed by atoms with Gasteiger partial charge in [-0.1, -0.05) is 281 Å². The molecule has 2 aliphatic rings. The molecule has 15 aromatic carbocycles. The van der Waals surface area contributed by atoms with Gasteiger partial charge in [0.1, 0.15) is 0 Å². The number of rotatable bonds is 7. The maximum absolute atomic E-state index is 2.68. The molecule has 7 heterocycles. The number of nitrogens with zero attached hydrogens (tertiary/aromatic N) is 7. The molecule has 0 N–H and O–H groups in total. The molecule has 694 valence electrons. The van der Waals surface area contributed by atoms with Crippen LogP contribution in [0.2, 0.25) is 0 Å². The Morgan fingerprint density at radius 1 is 0.145 bits per heavy atom. The molecule has 0 spiro atoms. The molecule has 2 aliphatic heterocycles. The largest absolute Gasteiger partial charge is 0.311 e. The quantitative estimate of drug-likeness (QED) is 0.149. The number of hydrogen-bond acceptors (Lipinski definition) is 2. The third kappa shape index (κ3) is 14.5. The summed E-state index contributed by atoms with van der Waals surface area (Å²) in [6.45, 7) is 70.1. The highest BCUT2D eigenvalue weighted by Crippen LogP contribution is 2.52. The molecule has 22 rings (SSSR count). The maximum Gasteiger partial charge on any atom is 0.252 e. The SMILES string of the molecule is CC(C)(C)c1ccc2c(c1)c1cc(C(C)(C)C)ccc1n2-c1ccc(N2c3cc(-n4c5ccc(C(C)(C)C)cc5c5cc(C(C)(C)C)ccc54)ccc3B3c4ccc(-n5c6ccc(C(C)(C)C)cc6c6cc(C(C)(C)C)ccc65)cc4N(c4ccc(-n5c6ccc(C(C)(C)C)cc6c6cc(C(C)(C)C)ccc65)cc4)c4cc(-n5c6ccc(C(C)(C)C)cc6c6cc(C(C)(C)C)ccc65)cc2c43)cc1. The summed E-state index contributed by atoms with van der Waals surface area (Å²) in [6.07, 6.45) is 0.